The Hall–Kier alpha value is -1.34. The number of ether oxygens (including phenoxy) is 2. The topological polar surface area (TPSA) is 88.1 Å². The highest BCUT2D eigenvalue weighted by Gasteiger charge is 2.42. The fraction of sp³-hybridized carbons (Fsp3) is 0.857. The number of carboxylic acids is 1. The van der Waals surface area contributed by atoms with Crippen LogP contribution in [0.4, 0.5) is 4.79 Å². The lowest BCUT2D eigenvalue weighted by molar-refractivity contribution is -0.148. The number of amides is 2. The van der Waals surface area contributed by atoms with Gasteiger partial charge in [0.05, 0.1) is 6.61 Å². The summed E-state index contributed by atoms with van der Waals surface area (Å²) < 4.78 is 10.4. The van der Waals surface area contributed by atoms with Gasteiger partial charge < -0.3 is 24.8 Å². The molecular weight excluding hydrogens is 276 g/mol. The van der Waals surface area contributed by atoms with Crippen molar-refractivity contribution in [2.75, 3.05) is 40.0 Å². The second-order valence-corrected chi connectivity index (χ2v) is 5.84. The van der Waals surface area contributed by atoms with Gasteiger partial charge in [-0.3, -0.25) is 0 Å². The molecule has 2 fully saturated rings. The van der Waals surface area contributed by atoms with Gasteiger partial charge in [0, 0.05) is 52.2 Å². The van der Waals surface area contributed by atoms with Crippen molar-refractivity contribution in [1.82, 2.24) is 10.2 Å². The van der Waals surface area contributed by atoms with E-state index in [9.17, 15) is 14.7 Å². The number of piperidine rings is 1. The largest absolute Gasteiger partial charge is 0.480 e. The zero-order valence-electron chi connectivity index (χ0n) is 12.5. The summed E-state index contributed by atoms with van der Waals surface area (Å²) in [6.45, 7) is 2.63. The molecule has 0 aromatic rings. The van der Waals surface area contributed by atoms with E-state index in [0.717, 1.165) is 12.8 Å². The first-order valence-electron chi connectivity index (χ1n) is 7.44. The van der Waals surface area contributed by atoms with Gasteiger partial charge in [0.15, 0.2) is 0 Å². The highest BCUT2D eigenvalue weighted by molar-refractivity contribution is 5.86. The van der Waals surface area contributed by atoms with Crippen LogP contribution in [0.5, 0.6) is 0 Å². The molecule has 2 aliphatic rings. The van der Waals surface area contributed by atoms with Crippen molar-refractivity contribution < 1.29 is 24.2 Å². The number of carboxylic acid groups (broad SMARTS) is 1. The maximum Gasteiger partial charge on any atom is 0.329 e. The van der Waals surface area contributed by atoms with Crippen molar-refractivity contribution in [3.63, 3.8) is 0 Å². The smallest absolute Gasteiger partial charge is 0.329 e. The second-order valence-electron chi connectivity index (χ2n) is 5.84. The normalized spacial score (nSPS) is 25.4. The van der Waals surface area contributed by atoms with E-state index < -0.39 is 11.5 Å². The van der Waals surface area contributed by atoms with Crippen LogP contribution in [-0.2, 0) is 14.3 Å². The van der Waals surface area contributed by atoms with Gasteiger partial charge in [-0.1, -0.05) is 0 Å². The Morgan fingerprint density at radius 2 is 2.14 bits per heavy atom. The first kappa shape index (κ1) is 16.0. The van der Waals surface area contributed by atoms with Crippen LogP contribution < -0.4 is 5.32 Å². The zero-order chi connectivity index (χ0) is 15.3. The lowest BCUT2D eigenvalue weighted by atomic mass is 9.90. The molecule has 7 nitrogen and oxygen atoms in total. The highest BCUT2D eigenvalue weighted by Crippen LogP contribution is 2.23. The fourth-order valence-corrected chi connectivity index (χ4v) is 3.02. The average Bonchev–Trinajstić information content (AvgIpc) is 2.48. The Bertz CT molecular complexity index is 380. The van der Waals surface area contributed by atoms with Gasteiger partial charge in [-0.25, -0.2) is 9.59 Å². The van der Waals surface area contributed by atoms with Crippen LogP contribution in [0, 0.1) is 5.92 Å². The van der Waals surface area contributed by atoms with Crippen LogP contribution in [0.2, 0.25) is 0 Å². The molecule has 0 saturated carbocycles. The molecule has 0 spiro atoms. The molecule has 1 unspecified atom stereocenters. The van der Waals surface area contributed by atoms with Crippen LogP contribution in [0.3, 0.4) is 0 Å². The number of hydrogen-bond donors (Lipinski definition) is 2. The maximum atomic E-state index is 12.4. The molecule has 0 radical (unpaired) electrons. The minimum atomic E-state index is -1.19. The molecule has 7 heteroatoms. The van der Waals surface area contributed by atoms with Gasteiger partial charge in [0.2, 0.25) is 0 Å². The number of carbonyl (C=O) groups is 2. The molecule has 0 aromatic carbocycles. The number of nitrogens with zero attached hydrogens (tertiary/aromatic N) is 1. The van der Waals surface area contributed by atoms with Crippen LogP contribution in [0.1, 0.15) is 25.7 Å². The molecule has 120 valence electrons. The lowest BCUT2D eigenvalue weighted by Gasteiger charge is -2.38. The van der Waals surface area contributed by atoms with Gasteiger partial charge in [-0.05, 0) is 12.8 Å². The summed E-state index contributed by atoms with van der Waals surface area (Å²) in [5, 5.41) is 12.2. The molecule has 0 aromatic heterocycles. The molecule has 1 atom stereocenters. The SMILES string of the molecule is COCC1CCCN(C(=O)NC2(C(=O)O)CCOCC2)C1. The van der Waals surface area contributed by atoms with E-state index in [4.69, 9.17) is 9.47 Å². The van der Waals surface area contributed by atoms with E-state index in [0.29, 0.717) is 51.7 Å². The summed E-state index contributed by atoms with van der Waals surface area (Å²) in [4.78, 5) is 25.6. The van der Waals surface area contributed by atoms with Gasteiger partial charge in [-0.15, -0.1) is 0 Å². The van der Waals surface area contributed by atoms with Gasteiger partial charge in [0.25, 0.3) is 0 Å². The number of hydrogen-bond acceptors (Lipinski definition) is 4. The Morgan fingerprint density at radius 1 is 1.43 bits per heavy atom. The molecule has 2 saturated heterocycles. The number of nitrogens with one attached hydrogen (secondary N) is 1. The third-order valence-corrected chi connectivity index (χ3v) is 4.31. The van der Waals surface area contributed by atoms with E-state index >= 15 is 0 Å². The van der Waals surface area contributed by atoms with E-state index in [1.54, 1.807) is 12.0 Å². The van der Waals surface area contributed by atoms with Crippen LogP contribution >= 0.6 is 0 Å². The summed E-state index contributed by atoms with van der Waals surface area (Å²) in [6.07, 6.45) is 2.58. The number of urea groups is 1. The average molecular weight is 300 g/mol. The quantitative estimate of drug-likeness (QED) is 0.797. The van der Waals surface area contributed by atoms with Gasteiger partial charge >= 0.3 is 12.0 Å². The zero-order valence-corrected chi connectivity index (χ0v) is 12.5. The number of aliphatic carboxylic acids is 1. The predicted molar refractivity (Wildman–Crippen MR) is 75.1 cm³/mol. The third kappa shape index (κ3) is 3.85. The first-order chi connectivity index (χ1) is 10.1. The summed E-state index contributed by atoms with van der Waals surface area (Å²) in [5.74, 6) is -0.658. The monoisotopic (exact) mass is 300 g/mol. The van der Waals surface area contributed by atoms with Crippen molar-refractivity contribution in [3.05, 3.63) is 0 Å². The number of carbonyl (C=O) groups excluding carboxylic acids is 1. The van der Waals surface area contributed by atoms with Crippen molar-refractivity contribution in [1.29, 1.82) is 0 Å². The minimum Gasteiger partial charge on any atom is -0.480 e. The second kappa shape index (κ2) is 7.09. The molecule has 21 heavy (non-hydrogen) atoms. The maximum absolute atomic E-state index is 12.4. The minimum absolute atomic E-state index is 0.292. The highest BCUT2D eigenvalue weighted by atomic mass is 16.5. The standard InChI is InChI=1S/C14H24N2O5/c1-20-10-11-3-2-6-16(9-11)13(19)15-14(12(17)18)4-7-21-8-5-14/h11H,2-10H2,1H3,(H,15,19)(H,17,18). The molecule has 2 N–H and O–H groups in total. The lowest BCUT2D eigenvalue weighted by Crippen LogP contribution is -2.61. The number of likely N-dealkylation sites (tertiary alicyclic amines) is 1. The molecule has 2 heterocycles. The molecule has 0 bridgehead atoms. The third-order valence-electron chi connectivity index (χ3n) is 4.31. The first-order valence-corrected chi connectivity index (χ1v) is 7.44. The Balaban J connectivity index is 1.97. The van der Waals surface area contributed by atoms with Gasteiger partial charge in [-0.2, -0.15) is 0 Å². The van der Waals surface area contributed by atoms with Crippen molar-refractivity contribution in [2.24, 2.45) is 5.92 Å². The van der Waals surface area contributed by atoms with Crippen LogP contribution in [0.15, 0.2) is 0 Å². The van der Waals surface area contributed by atoms with Gasteiger partial charge in [0.1, 0.15) is 5.54 Å². The summed E-state index contributed by atoms with van der Waals surface area (Å²) in [7, 11) is 1.65. The molecule has 2 amide bonds. The Labute approximate surface area is 124 Å². The Kier molecular flexibility index (Phi) is 5.41. The van der Waals surface area contributed by atoms with E-state index in [1.807, 2.05) is 0 Å². The molecule has 2 rings (SSSR count). The summed E-state index contributed by atoms with van der Waals surface area (Å²) in [5.41, 5.74) is -1.19. The fourth-order valence-electron chi connectivity index (χ4n) is 3.02. The van der Waals surface area contributed by atoms with E-state index in [-0.39, 0.29) is 6.03 Å². The predicted octanol–water partition coefficient (Wildman–Crippen LogP) is 0.688. The van der Waals surface area contributed by atoms with Crippen molar-refractivity contribution in [2.45, 2.75) is 31.2 Å². The molecular formula is C14H24N2O5. The molecule has 0 aliphatic carbocycles. The van der Waals surface area contributed by atoms with Crippen LogP contribution in [-0.4, -0.2) is 67.6 Å². The van der Waals surface area contributed by atoms with E-state index in [2.05, 4.69) is 5.32 Å². The van der Waals surface area contributed by atoms with Crippen molar-refractivity contribution in [3.8, 4) is 0 Å². The van der Waals surface area contributed by atoms with Crippen LogP contribution in [0.25, 0.3) is 0 Å². The Morgan fingerprint density at radius 3 is 2.76 bits per heavy atom. The van der Waals surface area contributed by atoms with Crippen molar-refractivity contribution >= 4 is 12.0 Å². The van der Waals surface area contributed by atoms with E-state index in [1.165, 1.54) is 0 Å². The number of rotatable bonds is 4. The summed E-state index contributed by atoms with van der Waals surface area (Å²) in [6, 6.07) is -0.292. The summed E-state index contributed by atoms with van der Waals surface area (Å²) >= 11 is 0. The number of methoxy groups -OCH3 is 1. The molecule has 2 aliphatic heterocycles.